The van der Waals surface area contributed by atoms with E-state index in [-0.39, 0.29) is 5.82 Å². The second kappa shape index (κ2) is 4.27. The van der Waals surface area contributed by atoms with E-state index in [1.54, 1.807) is 12.1 Å². The Labute approximate surface area is 79.9 Å². The molecule has 0 heterocycles. The van der Waals surface area contributed by atoms with Gasteiger partial charge in [-0.3, -0.25) is 0 Å². The summed E-state index contributed by atoms with van der Waals surface area (Å²) in [6.45, 7) is 1.96. The molecule has 0 saturated carbocycles. The van der Waals surface area contributed by atoms with E-state index in [9.17, 15) is 4.39 Å². The Kier molecular flexibility index (Phi) is 3.31. The Balaban J connectivity index is 2.97. The van der Waals surface area contributed by atoms with Gasteiger partial charge in [-0.15, -0.1) is 0 Å². The van der Waals surface area contributed by atoms with Crippen molar-refractivity contribution in [3.63, 3.8) is 0 Å². The van der Waals surface area contributed by atoms with Gasteiger partial charge in [-0.05, 0) is 34.1 Å². The van der Waals surface area contributed by atoms with Crippen LogP contribution in [0.3, 0.4) is 0 Å². The second-order valence-corrected chi connectivity index (χ2v) is 3.14. The van der Waals surface area contributed by atoms with E-state index in [0.717, 1.165) is 12.0 Å². The third-order valence-corrected chi connectivity index (χ3v) is 1.97. The van der Waals surface area contributed by atoms with Crippen molar-refractivity contribution in [1.82, 2.24) is 0 Å². The minimum absolute atomic E-state index is 0.266. The molecular weight excluding hydrogens is 219 g/mol. The highest BCUT2D eigenvalue weighted by Gasteiger charge is 1.97. The summed E-state index contributed by atoms with van der Waals surface area (Å²) >= 11 is 3.07. The van der Waals surface area contributed by atoms with Crippen molar-refractivity contribution in [2.24, 2.45) is 0 Å². The maximum Gasteiger partial charge on any atom is 0.138 e. The number of rotatable bonds is 0. The minimum Gasteiger partial charge on any atom is -0.206 e. The van der Waals surface area contributed by atoms with Crippen LogP contribution in [0.2, 0.25) is 0 Å². The van der Waals surface area contributed by atoms with E-state index in [4.69, 9.17) is 0 Å². The lowest BCUT2D eigenvalue weighted by atomic mass is 10.2. The first kappa shape index (κ1) is 9.28. The fourth-order valence-electron chi connectivity index (χ4n) is 0.764. The van der Waals surface area contributed by atoms with Gasteiger partial charge in [0.2, 0.25) is 0 Å². The molecule has 0 aliphatic carbocycles. The van der Waals surface area contributed by atoms with Crippen LogP contribution in [0.5, 0.6) is 0 Å². The van der Waals surface area contributed by atoms with Crippen LogP contribution in [-0.4, -0.2) is 0 Å². The molecule has 62 valence electrons. The third-order valence-electron chi connectivity index (χ3n) is 1.33. The molecule has 0 nitrogen and oxygen atoms in total. The Morgan fingerprint density at radius 2 is 2.25 bits per heavy atom. The average Bonchev–Trinajstić information content (AvgIpc) is 2.07. The van der Waals surface area contributed by atoms with Gasteiger partial charge in [-0.25, -0.2) is 4.39 Å². The van der Waals surface area contributed by atoms with Crippen LogP contribution < -0.4 is 0 Å². The summed E-state index contributed by atoms with van der Waals surface area (Å²) in [6, 6.07) is 4.87. The smallest absolute Gasteiger partial charge is 0.138 e. The topological polar surface area (TPSA) is 0 Å². The molecule has 2 heteroatoms. The van der Waals surface area contributed by atoms with Crippen LogP contribution in [0.1, 0.15) is 18.9 Å². The van der Waals surface area contributed by atoms with Gasteiger partial charge in [0.15, 0.2) is 0 Å². The van der Waals surface area contributed by atoms with Gasteiger partial charge in [0, 0.05) is 12.0 Å². The first-order valence-corrected chi connectivity index (χ1v) is 4.47. The molecule has 1 aromatic carbocycles. The minimum atomic E-state index is -0.266. The molecule has 0 aromatic heterocycles. The number of hydrogen-bond donors (Lipinski definition) is 0. The molecule has 0 atom stereocenters. The van der Waals surface area contributed by atoms with Gasteiger partial charge in [0.25, 0.3) is 0 Å². The van der Waals surface area contributed by atoms with E-state index < -0.39 is 0 Å². The molecule has 12 heavy (non-hydrogen) atoms. The van der Waals surface area contributed by atoms with Crippen LogP contribution in [-0.2, 0) is 0 Å². The molecule has 0 spiro atoms. The second-order valence-electron chi connectivity index (χ2n) is 2.28. The number of benzene rings is 1. The molecule has 0 saturated heterocycles. The SMILES string of the molecule is CCC#Cc1ccc(Br)c(F)c1. The number of hydrogen-bond acceptors (Lipinski definition) is 0. The predicted molar refractivity (Wildman–Crippen MR) is 51.3 cm³/mol. The predicted octanol–water partition coefficient (Wildman–Crippen LogP) is 3.35. The van der Waals surface area contributed by atoms with Gasteiger partial charge in [0.05, 0.1) is 4.47 Å². The molecule has 0 bridgehead atoms. The lowest BCUT2D eigenvalue weighted by molar-refractivity contribution is 0.620. The van der Waals surface area contributed by atoms with Crippen molar-refractivity contribution < 1.29 is 4.39 Å². The van der Waals surface area contributed by atoms with E-state index in [1.165, 1.54) is 6.07 Å². The van der Waals surface area contributed by atoms with Crippen molar-refractivity contribution in [1.29, 1.82) is 0 Å². The Morgan fingerprint density at radius 1 is 1.50 bits per heavy atom. The van der Waals surface area contributed by atoms with E-state index in [1.807, 2.05) is 6.92 Å². The van der Waals surface area contributed by atoms with Crippen LogP contribution in [0, 0.1) is 17.7 Å². The highest BCUT2D eigenvalue weighted by Crippen LogP contribution is 2.15. The molecule has 0 fully saturated rings. The third kappa shape index (κ3) is 2.35. The van der Waals surface area contributed by atoms with Crippen LogP contribution in [0.4, 0.5) is 4.39 Å². The standard InChI is InChI=1S/C10H8BrF/c1-2-3-4-8-5-6-9(11)10(12)7-8/h5-7H,2H2,1H3. The molecule has 0 radical (unpaired) electrons. The highest BCUT2D eigenvalue weighted by molar-refractivity contribution is 9.10. The maximum absolute atomic E-state index is 12.9. The number of halogens is 2. The molecule has 1 rings (SSSR count). The van der Waals surface area contributed by atoms with Crippen molar-refractivity contribution >= 4 is 15.9 Å². The molecule has 0 unspecified atom stereocenters. The summed E-state index contributed by atoms with van der Waals surface area (Å²) in [6.07, 6.45) is 0.789. The van der Waals surface area contributed by atoms with E-state index in [2.05, 4.69) is 27.8 Å². The Bertz CT molecular complexity index is 333. The summed E-state index contributed by atoms with van der Waals surface area (Å²) in [7, 11) is 0. The van der Waals surface area contributed by atoms with Crippen LogP contribution in [0.25, 0.3) is 0 Å². The summed E-state index contributed by atoms with van der Waals surface area (Å²) in [4.78, 5) is 0. The molecular formula is C10H8BrF. The van der Waals surface area contributed by atoms with Crippen molar-refractivity contribution in [2.45, 2.75) is 13.3 Å². The quantitative estimate of drug-likeness (QED) is 0.596. The van der Waals surface area contributed by atoms with Crippen LogP contribution >= 0.6 is 15.9 Å². The molecule has 0 amide bonds. The van der Waals surface area contributed by atoms with Gasteiger partial charge >= 0.3 is 0 Å². The summed E-state index contributed by atoms with van der Waals surface area (Å²) in [5.74, 6) is 5.46. The van der Waals surface area contributed by atoms with E-state index in [0.29, 0.717) is 4.47 Å². The van der Waals surface area contributed by atoms with Gasteiger partial charge < -0.3 is 0 Å². The van der Waals surface area contributed by atoms with Crippen molar-refractivity contribution in [3.8, 4) is 11.8 Å². The fraction of sp³-hybridized carbons (Fsp3) is 0.200. The molecule has 1 aromatic rings. The zero-order valence-corrected chi connectivity index (χ0v) is 8.28. The average molecular weight is 227 g/mol. The normalized spacial score (nSPS) is 8.92. The first-order chi connectivity index (χ1) is 5.74. The van der Waals surface area contributed by atoms with Gasteiger partial charge in [0.1, 0.15) is 5.82 Å². The lowest BCUT2D eigenvalue weighted by Crippen LogP contribution is -1.79. The molecule has 0 aliphatic heterocycles. The lowest BCUT2D eigenvalue weighted by Gasteiger charge is -1.93. The maximum atomic E-state index is 12.9. The van der Waals surface area contributed by atoms with Crippen molar-refractivity contribution in [2.75, 3.05) is 0 Å². The molecule has 0 aliphatic rings. The van der Waals surface area contributed by atoms with E-state index >= 15 is 0 Å². The fourth-order valence-corrected chi connectivity index (χ4v) is 1.01. The van der Waals surface area contributed by atoms with Crippen LogP contribution in [0.15, 0.2) is 22.7 Å². The zero-order valence-electron chi connectivity index (χ0n) is 6.70. The summed E-state index contributed by atoms with van der Waals surface area (Å²) < 4.78 is 13.4. The molecule has 0 N–H and O–H groups in total. The Hall–Kier alpha value is -0.810. The Morgan fingerprint density at radius 3 is 2.83 bits per heavy atom. The monoisotopic (exact) mass is 226 g/mol. The van der Waals surface area contributed by atoms with Gasteiger partial charge in [-0.1, -0.05) is 18.8 Å². The largest absolute Gasteiger partial charge is 0.206 e. The first-order valence-electron chi connectivity index (χ1n) is 3.68. The van der Waals surface area contributed by atoms with Crippen molar-refractivity contribution in [3.05, 3.63) is 34.1 Å². The van der Waals surface area contributed by atoms with Gasteiger partial charge in [-0.2, -0.15) is 0 Å². The zero-order chi connectivity index (χ0) is 8.97. The summed E-state index contributed by atoms with van der Waals surface area (Å²) in [5.41, 5.74) is 0.720. The highest BCUT2D eigenvalue weighted by atomic mass is 79.9. The summed E-state index contributed by atoms with van der Waals surface area (Å²) in [5, 5.41) is 0.